The second-order valence-corrected chi connectivity index (χ2v) is 7.41. The van der Waals surface area contributed by atoms with Crippen LogP contribution >= 0.6 is 11.3 Å². The summed E-state index contributed by atoms with van der Waals surface area (Å²) in [5.74, 6) is -0.381. The number of nitrogens with one attached hydrogen (secondary N) is 1. The van der Waals surface area contributed by atoms with Crippen LogP contribution < -0.4 is 10.5 Å². The molecule has 0 aliphatic carbocycles. The van der Waals surface area contributed by atoms with Gasteiger partial charge in [0.05, 0.1) is 28.8 Å². The van der Waals surface area contributed by atoms with E-state index in [9.17, 15) is 9.18 Å². The van der Waals surface area contributed by atoms with Crippen molar-refractivity contribution in [1.82, 2.24) is 9.97 Å². The third kappa shape index (κ3) is 3.23. The highest BCUT2D eigenvalue weighted by atomic mass is 32.1. The van der Waals surface area contributed by atoms with Gasteiger partial charge in [-0.2, -0.15) is 0 Å². The molecule has 0 fully saturated rings. The van der Waals surface area contributed by atoms with Crippen molar-refractivity contribution in [3.8, 4) is 0 Å². The Morgan fingerprint density at radius 1 is 1.11 bits per heavy atom. The third-order valence-electron chi connectivity index (χ3n) is 4.73. The number of ether oxygens (including phenoxy) is 2. The van der Waals surface area contributed by atoms with Gasteiger partial charge in [-0.3, -0.25) is 4.79 Å². The normalized spacial score (nSPS) is 11.7. The highest BCUT2D eigenvalue weighted by Crippen LogP contribution is 2.39. The van der Waals surface area contributed by atoms with Gasteiger partial charge in [-0.1, -0.05) is 11.3 Å². The molecule has 4 aromatic rings. The fourth-order valence-electron chi connectivity index (χ4n) is 3.38. The number of rotatable bonds is 7. The molecule has 0 atom stereocenters. The van der Waals surface area contributed by atoms with Crippen molar-refractivity contribution in [3.05, 3.63) is 46.6 Å². The van der Waals surface area contributed by atoms with E-state index in [2.05, 4.69) is 9.88 Å². The summed E-state index contributed by atoms with van der Waals surface area (Å²) in [7, 11) is 3.32. The van der Waals surface area contributed by atoms with Crippen LogP contribution in [0.1, 0.15) is 0 Å². The van der Waals surface area contributed by atoms with Crippen molar-refractivity contribution in [1.29, 1.82) is 0 Å². The van der Waals surface area contributed by atoms with E-state index in [1.54, 1.807) is 26.5 Å². The molecule has 4 rings (SSSR count). The summed E-state index contributed by atoms with van der Waals surface area (Å²) in [6.45, 7) is 2.47. The first kappa shape index (κ1) is 18.8. The highest BCUT2D eigenvalue weighted by molar-refractivity contribution is 7.23. The van der Waals surface area contributed by atoms with Crippen LogP contribution in [-0.2, 0) is 9.47 Å². The number of hydrogen-bond acceptors (Lipinski definition) is 6. The van der Waals surface area contributed by atoms with E-state index in [-0.39, 0.29) is 11.4 Å². The standard InChI is InChI=1S/C20H20FN3O3S/c1-26-9-7-24(8-10-27-2)20-23-17-13-4-3-12(21)11-15(13)16-14(18(17)28-20)5-6-22-19(16)25/h3-6,11H,7-10H2,1-2H3,(H,22,25). The molecule has 0 saturated carbocycles. The largest absolute Gasteiger partial charge is 0.383 e. The van der Waals surface area contributed by atoms with Gasteiger partial charge in [0.1, 0.15) is 5.82 Å². The van der Waals surface area contributed by atoms with Crippen LogP contribution in [0.4, 0.5) is 9.52 Å². The maximum absolute atomic E-state index is 13.9. The monoisotopic (exact) mass is 401 g/mol. The lowest BCUT2D eigenvalue weighted by Crippen LogP contribution is -2.30. The Labute approximate surface area is 164 Å². The van der Waals surface area contributed by atoms with E-state index in [1.165, 1.54) is 23.5 Å². The molecule has 28 heavy (non-hydrogen) atoms. The molecule has 0 bridgehead atoms. The second-order valence-electron chi connectivity index (χ2n) is 6.43. The lowest BCUT2D eigenvalue weighted by Gasteiger charge is -2.20. The van der Waals surface area contributed by atoms with Gasteiger partial charge in [0.25, 0.3) is 5.56 Å². The number of thiazole rings is 1. The molecule has 0 saturated heterocycles. The number of aromatic nitrogens is 2. The van der Waals surface area contributed by atoms with Crippen molar-refractivity contribution in [2.75, 3.05) is 45.4 Å². The van der Waals surface area contributed by atoms with Gasteiger partial charge in [0.15, 0.2) is 5.13 Å². The fraction of sp³-hybridized carbons (Fsp3) is 0.300. The molecule has 2 aromatic carbocycles. The summed E-state index contributed by atoms with van der Waals surface area (Å²) in [5, 5.41) is 3.42. The Hall–Kier alpha value is -2.55. The number of benzene rings is 2. The topological polar surface area (TPSA) is 67.5 Å². The first-order valence-corrected chi connectivity index (χ1v) is 9.71. The number of halogens is 1. The van der Waals surface area contributed by atoms with E-state index in [1.807, 2.05) is 6.07 Å². The van der Waals surface area contributed by atoms with Crippen LogP contribution in [0.5, 0.6) is 0 Å². The van der Waals surface area contributed by atoms with Crippen molar-refractivity contribution < 1.29 is 13.9 Å². The lowest BCUT2D eigenvalue weighted by atomic mass is 10.0. The smallest absolute Gasteiger partial charge is 0.256 e. The quantitative estimate of drug-likeness (QED) is 0.480. The van der Waals surface area contributed by atoms with Gasteiger partial charge in [-0.15, -0.1) is 0 Å². The zero-order valence-electron chi connectivity index (χ0n) is 15.6. The maximum Gasteiger partial charge on any atom is 0.256 e. The van der Waals surface area contributed by atoms with Gasteiger partial charge >= 0.3 is 0 Å². The van der Waals surface area contributed by atoms with Crippen molar-refractivity contribution in [2.45, 2.75) is 0 Å². The number of fused-ring (bicyclic) bond motifs is 6. The van der Waals surface area contributed by atoms with E-state index in [4.69, 9.17) is 14.5 Å². The number of aromatic amines is 1. The molecule has 1 N–H and O–H groups in total. The van der Waals surface area contributed by atoms with Gasteiger partial charge in [-0.05, 0) is 24.3 Å². The number of pyridine rings is 1. The zero-order chi connectivity index (χ0) is 19.7. The predicted octanol–water partition coefficient (Wildman–Crippen LogP) is 3.53. The Kier molecular flexibility index (Phi) is 5.25. The summed E-state index contributed by atoms with van der Waals surface area (Å²) in [6.07, 6.45) is 1.61. The van der Waals surface area contributed by atoms with Gasteiger partial charge in [0, 0.05) is 49.7 Å². The summed E-state index contributed by atoms with van der Waals surface area (Å²) >= 11 is 1.52. The molecule has 146 valence electrons. The molecule has 2 aromatic heterocycles. The van der Waals surface area contributed by atoms with Crippen LogP contribution in [0, 0.1) is 5.82 Å². The summed E-state index contributed by atoms with van der Waals surface area (Å²) in [4.78, 5) is 22.2. The Morgan fingerprint density at radius 2 is 1.86 bits per heavy atom. The molecule has 8 heteroatoms. The van der Waals surface area contributed by atoms with Gasteiger partial charge < -0.3 is 19.4 Å². The summed E-state index contributed by atoms with van der Waals surface area (Å²) < 4.78 is 25.3. The van der Waals surface area contributed by atoms with Crippen molar-refractivity contribution in [2.24, 2.45) is 0 Å². The molecule has 2 heterocycles. The number of nitrogens with zero attached hydrogens (tertiary/aromatic N) is 2. The van der Waals surface area contributed by atoms with Gasteiger partial charge in [-0.25, -0.2) is 9.37 Å². The molecule has 0 radical (unpaired) electrons. The fourth-order valence-corrected chi connectivity index (χ4v) is 4.54. The molecule has 0 amide bonds. The molecule has 0 spiro atoms. The second kappa shape index (κ2) is 7.83. The van der Waals surface area contributed by atoms with E-state index < -0.39 is 0 Å². The number of hydrogen-bond donors (Lipinski definition) is 1. The average molecular weight is 401 g/mol. The maximum atomic E-state index is 13.9. The van der Waals surface area contributed by atoms with E-state index in [0.29, 0.717) is 37.1 Å². The van der Waals surface area contributed by atoms with E-state index in [0.717, 1.165) is 26.1 Å². The first-order valence-electron chi connectivity index (χ1n) is 8.90. The van der Waals surface area contributed by atoms with Crippen LogP contribution in [0.3, 0.4) is 0 Å². The van der Waals surface area contributed by atoms with Crippen molar-refractivity contribution in [3.63, 3.8) is 0 Å². The SMILES string of the molecule is COCCN(CCOC)c1nc2c3ccc(F)cc3c3c(=O)[nH]ccc3c2s1. The zero-order valence-corrected chi connectivity index (χ0v) is 16.4. The van der Waals surface area contributed by atoms with Crippen LogP contribution in [-0.4, -0.2) is 50.5 Å². The number of H-pyrrole nitrogens is 1. The number of methoxy groups -OCH3 is 2. The minimum absolute atomic E-state index is 0.236. The lowest BCUT2D eigenvalue weighted by molar-refractivity contribution is 0.190. The minimum Gasteiger partial charge on any atom is -0.383 e. The molecular weight excluding hydrogens is 381 g/mol. The first-order chi connectivity index (χ1) is 13.6. The van der Waals surface area contributed by atoms with E-state index >= 15 is 0 Å². The Balaban J connectivity index is 2.00. The summed E-state index contributed by atoms with van der Waals surface area (Å²) in [6, 6.07) is 6.34. The average Bonchev–Trinajstić information content (AvgIpc) is 3.13. The minimum atomic E-state index is -0.381. The van der Waals surface area contributed by atoms with Crippen LogP contribution in [0.2, 0.25) is 0 Å². The molecule has 0 aliphatic rings. The molecular formula is C20H20FN3O3S. The number of anilines is 1. The molecule has 0 aliphatic heterocycles. The summed E-state index contributed by atoms with van der Waals surface area (Å²) in [5.41, 5.74) is 0.536. The highest BCUT2D eigenvalue weighted by Gasteiger charge is 2.18. The van der Waals surface area contributed by atoms with Gasteiger partial charge in [0.2, 0.25) is 0 Å². The van der Waals surface area contributed by atoms with Crippen LogP contribution in [0.25, 0.3) is 31.8 Å². The van der Waals surface area contributed by atoms with Crippen LogP contribution in [0.15, 0.2) is 35.3 Å². The van der Waals surface area contributed by atoms with Crippen molar-refractivity contribution >= 4 is 48.2 Å². The Bertz CT molecular complexity index is 1200. The third-order valence-corrected chi connectivity index (χ3v) is 5.88. The Morgan fingerprint density at radius 3 is 2.57 bits per heavy atom. The molecule has 6 nitrogen and oxygen atoms in total. The molecule has 0 unspecified atom stereocenters. The predicted molar refractivity (Wildman–Crippen MR) is 111 cm³/mol.